The predicted molar refractivity (Wildman–Crippen MR) is 102 cm³/mol. The lowest BCUT2D eigenvalue weighted by atomic mass is 9.76. The summed E-state index contributed by atoms with van der Waals surface area (Å²) in [7, 11) is 1.99. The van der Waals surface area contributed by atoms with E-state index in [9.17, 15) is 4.79 Å². The highest BCUT2D eigenvalue weighted by molar-refractivity contribution is 6.05. The number of nitrogens with zero attached hydrogens (tertiary/aromatic N) is 5. The molecular weight excluding hydrogens is 338 g/mol. The zero-order valence-electron chi connectivity index (χ0n) is 15.5. The van der Waals surface area contributed by atoms with Crippen LogP contribution in [-0.4, -0.2) is 43.6 Å². The Morgan fingerprint density at radius 2 is 2.00 bits per heavy atom. The van der Waals surface area contributed by atoms with Gasteiger partial charge in [-0.1, -0.05) is 37.1 Å². The Kier molecular flexibility index (Phi) is 3.74. The minimum absolute atomic E-state index is 0.0303. The second-order valence-corrected chi connectivity index (χ2v) is 7.99. The van der Waals surface area contributed by atoms with Crippen LogP contribution in [0.3, 0.4) is 0 Å². The summed E-state index contributed by atoms with van der Waals surface area (Å²) in [5.41, 5.74) is 0.681. The number of fused-ring (bicyclic) bond motifs is 1. The zero-order valence-corrected chi connectivity index (χ0v) is 15.5. The maximum Gasteiger partial charge on any atom is 0.273 e. The Balaban J connectivity index is 1.52. The molecule has 1 aliphatic heterocycles. The van der Waals surface area contributed by atoms with Crippen molar-refractivity contribution in [3.8, 4) is 0 Å². The SMILES string of the molecule is Cn1cnnc1C1CN(C(=O)c2nccc3ccccc23)CC12CCCC2. The van der Waals surface area contributed by atoms with E-state index in [1.165, 1.54) is 12.8 Å². The largest absolute Gasteiger partial charge is 0.336 e. The molecule has 1 aliphatic carbocycles. The first-order chi connectivity index (χ1) is 13.2. The fraction of sp³-hybridized carbons (Fsp3) is 0.429. The topological polar surface area (TPSA) is 63.9 Å². The summed E-state index contributed by atoms with van der Waals surface area (Å²) in [6.07, 6.45) is 8.24. The monoisotopic (exact) mass is 361 g/mol. The minimum Gasteiger partial charge on any atom is -0.336 e. The third-order valence-electron chi connectivity index (χ3n) is 6.47. The van der Waals surface area contributed by atoms with E-state index in [1.807, 2.05) is 46.8 Å². The number of amides is 1. The van der Waals surface area contributed by atoms with Crippen molar-refractivity contribution < 1.29 is 4.79 Å². The maximum absolute atomic E-state index is 13.4. The normalized spacial score (nSPS) is 21.4. The molecule has 1 spiro atoms. The fourth-order valence-electron chi connectivity index (χ4n) is 5.11. The first-order valence-corrected chi connectivity index (χ1v) is 9.65. The second-order valence-electron chi connectivity index (χ2n) is 7.99. The molecule has 6 heteroatoms. The predicted octanol–water partition coefficient (Wildman–Crippen LogP) is 3.16. The van der Waals surface area contributed by atoms with Crippen molar-refractivity contribution >= 4 is 16.7 Å². The van der Waals surface area contributed by atoms with E-state index < -0.39 is 0 Å². The summed E-state index contributed by atoms with van der Waals surface area (Å²) in [6, 6.07) is 9.92. The number of hydrogen-bond acceptors (Lipinski definition) is 4. The molecule has 2 fully saturated rings. The lowest BCUT2D eigenvalue weighted by molar-refractivity contribution is 0.0769. The lowest BCUT2D eigenvalue weighted by Crippen LogP contribution is -2.32. The van der Waals surface area contributed by atoms with Crippen molar-refractivity contribution in [2.45, 2.75) is 31.6 Å². The molecule has 138 valence electrons. The second kappa shape index (κ2) is 6.15. The number of aromatic nitrogens is 4. The van der Waals surface area contributed by atoms with E-state index in [0.717, 1.165) is 36.0 Å². The van der Waals surface area contributed by atoms with Gasteiger partial charge in [0.25, 0.3) is 5.91 Å². The first kappa shape index (κ1) is 16.4. The molecule has 0 bridgehead atoms. The van der Waals surface area contributed by atoms with E-state index in [-0.39, 0.29) is 17.2 Å². The first-order valence-electron chi connectivity index (χ1n) is 9.65. The van der Waals surface area contributed by atoms with Gasteiger partial charge in [0.1, 0.15) is 17.8 Å². The zero-order chi connectivity index (χ0) is 18.4. The van der Waals surface area contributed by atoms with Crippen LogP contribution in [0, 0.1) is 5.41 Å². The minimum atomic E-state index is 0.0303. The smallest absolute Gasteiger partial charge is 0.273 e. The number of aryl methyl sites for hydroxylation is 1. The van der Waals surface area contributed by atoms with Gasteiger partial charge < -0.3 is 9.47 Å². The van der Waals surface area contributed by atoms with Crippen LogP contribution >= 0.6 is 0 Å². The molecule has 2 aliphatic rings. The van der Waals surface area contributed by atoms with Crippen molar-refractivity contribution in [3.63, 3.8) is 0 Å². The summed E-state index contributed by atoms with van der Waals surface area (Å²) < 4.78 is 2.01. The van der Waals surface area contributed by atoms with Crippen LogP contribution in [0.1, 0.15) is 47.9 Å². The molecule has 27 heavy (non-hydrogen) atoms. The van der Waals surface area contributed by atoms with Crippen LogP contribution in [0.15, 0.2) is 42.9 Å². The van der Waals surface area contributed by atoms with Gasteiger partial charge in [-0.2, -0.15) is 0 Å². The number of rotatable bonds is 2. The molecule has 1 atom stereocenters. The van der Waals surface area contributed by atoms with Crippen LogP contribution in [0.4, 0.5) is 0 Å². The Labute approximate surface area is 158 Å². The van der Waals surface area contributed by atoms with E-state index in [0.29, 0.717) is 12.2 Å². The highest BCUT2D eigenvalue weighted by Gasteiger charge is 2.51. The molecule has 3 aromatic rings. The number of pyridine rings is 1. The molecule has 3 heterocycles. The summed E-state index contributed by atoms with van der Waals surface area (Å²) >= 11 is 0. The van der Waals surface area contributed by atoms with Gasteiger partial charge in [-0.25, -0.2) is 0 Å². The quantitative estimate of drug-likeness (QED) is 0.703. The summed E-state index contributed by atoms with van der Waals surface area (Å²) in [4.78, 5) is 19.9. The molecule has 1 saturated heterocycles. The average Bonchev–Trinajstić information content (AvgIpc) is 3.42. The molecule has 1 amide bonds. The van der Waals surface area contributed by atoms with Gasteiger partial charge in [0, 0.05) is 37.6 Å². The Bertz CT molecular complexity index is 999. The number of benzene rings is 1. The highest BCUT2D eigenvalue weighted by Crippen LogP contribution is 2.53. The van der Waals surface area contributed by atoms with Gasteiger partial charge in [-0.3, -0.25) is 9.78 Å². The van der Waals surface area contributed by atoms with Gasteiger partial charge in [0.2, 0.25) is 0 Å². The van der Waals surface area contributed by atoms with E-state index in [1.54, 1.807) is 12.5 Å². The number of carbonyl (C=O) groups excluding carboxylic acids is 1. The highest BCUT2D eigenvalue weighted by atomic mass is 16.2. The molecule has 0 N–H and O–H groups in total. The maximum atomic E-state index is 13.4. The Morgan fingerprint density at radius 3 is 2.78 bits per heavy atom. The van der Waals surface area contributed by atoms with Crippen LogP contribution < -0.4 is 0 Å². The van der Waals surface area contributed by atoms with Crippen LogP contribution in [0.25, 0.3) is 10.8 Å². The molecule has 1 aromatic carbocycles. The molecule has 1 saturated carbocycles. The van der Waals surface area contributed by atoms with E-state index >= 15 is 0 Å². The van der Waals surface area contributed by atoms with Crippen molar-refractivity contribution in [2.75, 3.05) is 13.1 Å². The average molecular weight is 361 g/mol. The number of likely N-dealkylation sites (tertiary alicyclic amines) is 1. The van der Waals surface area contributed by atoms with Gasteiger partial charge >= 0.3 is 0 Å². The van der Waals surface area contributed by atoms with Gasteiger partial charge in [-0.15, -0.1) is 10.2 Å². The molecule has 6 nitrogen and oxygen atoms in total. The molecule has 0 radical (unpaired) electrons. The molecule has 1 unspecified atom stereocenters. The Morgan fingerprint density at radius 1 is 1.19 bits per heavy atom. The van der Waals surface area contributed by atoms with Crippen molar-refractivity contribution in [2.24, 2.45) is 12.5 Å². The number of carbonyl (C=O) groups is 1. The third kappa shape index (κ3) is 2.54. The van der Waals surface area contributed by atoms with Gasteiger partial charge in [-0.05, 0) is 29.7 Å². The summed E-state index contributed by atoms with van der Waals surface area (Å²) in [5.74, 6) is 1.27. The van der Waals surface area contributed by atoms with Gasteiger partial charge in [0.15, 0.2) is 0 Å². The fourth-order valence-corrected chi connectivity index (χ4v) is 5.11. The molecule has 2 aromatic heterocycles. The van der Waals surface area contributed by atoms with Gasteiger partial charge in [0.05, 0.1) is 0 Å². The van der Waals surface area contributed by atoms with Crippen molar-refractivity contribution in [1.29, 1.82) is 0 Å². The lowest BCUT2D eigenvalue weighted by Gasteiger charge is -2.28. The summed E-state index contributed by atoms with van der Waals surface area (Å²) in [6.45, 7) is 1.48. The van der Waals surface area contributed by atoms with Crippen LogP contribution in [-0.2, 0) is 7.05 Å². The van der Waals surface area contributed by atoms with E-state index in [2.05, 4.69) is 15.2 Å². The standard InChI is InChI=1S/C21H23N5O/c1-25-14-23-24-19(25)17-12-26(13-21(17)9-4-5-10-21)20(27)18-16-7-3-2-6-15(16)8-11-22-18/h2-3,6-8,11,14,17H,4-5,9-10,12-13H2,1H3. The van der Waals surface area contributed by atoms with E-state index in [4.69, 9.17) is 0 Å². The molecular formula is C21H23N5O. The third-order valence-corrected chi connectivity index (χ3v) is 6.47. The van der Waals surface area contributed by atoms with Crippen molar-refractivity contribution in [3.05, 3.63) is 54.4 Å². The molecule has 5 rings (SSSR count). The Hall–Kier alpha value is -2.76. The number of hydrogen-bond donors (Lipinski definition) is 0. The van der Waals surface area contributed by atoms with Crippen LogP contribution in [0.5, 0.6) is 0 Å². The summed E-state index contributed by atoms with van der Waals surface area (Å²) in [5, 5.41) is 10.5. The van der Waals surface area contributed by atoms with Crippen molar-refractivity contribution in [1.82, 2.24) is 24.6 Å². The van der Waals surface area contributed by atoms with Crippen LogP contribution in [0.2, 0.25) is 0 Å².